The van der Waals surface area contributed by atoms with Crippen LogP contribution >= 0.6 is 0 Å². The zero-order valence-electron chi connectivity index (χ0n) is 6.06. The summed E-state index contributed by atoms with van der Waals surface area (Å²) < 4.78 is 0. The third kappa shape index (κ3) is 0.320. The minimum absolute atomic E-state index is 0.972. The van der Waals surface area contributed by atoms with Crippen LogP contribution in [0.2, 0.25) is 0 Å². The molecular weight excluding hydrogens is 108 g/mol. The van der Waals surface area contributed by atoms with Crippen LogP contribution in [-0.2, 0) is 0 Å². The highest BCUT2D eigenvalue weighted by Crippen LogP contribution is 2.81. The van der Waals surface area contributed by atoms with Gasteiger partial charge in [0.15, 0.2) is 0 Å². The van der Waals surface area contributed by atoms with Crippen LogP contribution in [0.3, 0.4) is 0 Å². The molecule has 0 bridgehead atoms. The number of hydrogen-bond donors (Lipinski definition) is 0. The Hall–Kier alpha value is 0. The second-order valence-electron chi connectivity index (χ2n) is 4.44. The summed E-state index contributed by atoms with van der Waals surface area (Å²) in [5.41, 5.74) is 0.972. The molecule has 0 aromatic heterocycles. The highest BCUT2D eigenvalue weighted by atomic mass is 14.8. The van der Waals surface area contributed by atoms with Gasteiger partial charge in [0.05, 0.1) is 0 Å². The van der Waals surface area contributed by atoms with Crippen LogP contribution in [0.1, 0.15) is 32.6 Å². The van der Waals surface area contributed by atoms with Crippen molar-refractivity contribution in [3.8, 4) is 0 Å². The van der Waals surface area contributed by atoms with E-state index in [0.29, 0.717) is 0 Å². The largest absolute Gasteiger partial charge is 0.0622 e. The first-order valence-electron chi connectivity index (χ1n) is 4.34. The number of rotatable bonds is 0. The van der Waals surface area contributed by atoms with Gasteiger partial charge in [0.2, 0.25) is 0 Å². The highest BCUT2D eigenvalue weighted by molar-refractivity contribution is 5.22. The lowest BCUT2D eigenvalue weighted by molar-refractivity contribution is 0.185. The fourth-order valence-corrected chi connectivity index (χ4v) is 4.00. The molecule has 0 aromatic carbocycles. The zero-order chi connectivity index (χ0) is 6.06. The summed E-state index contributed by atoms with van der Waals surface area (Å²) in [6.07, 6.45) is 6.30. The molecule has 4 atom stereocenters. The fraction of sp³-hybridized carbons (Fsp3) is 1.00. The molecule has 2 unspecified atom stereocenters. The fourth-order valence-electron chi connectivity index (χ4n) is 4.00. The summed E-state index contributed by atoms with van der Waals surface area (Å²) in [6, 6.07) is 0. The van der Waals surface area contributed by atoms with Crippen molar-refractivity contribution in [2.75, 3.05) is 0 Å². The van der Waals surface area contributed by atoms with Gasteiger partial charge in [-0.25, -0.2) is 0 Å². The maximum Gasteiger partial charge on any atom is -0.0230 e. The van der Waals surface area contributed by atoms with E-state index in [2.05, 4.69) is 6.92 Å². The lowest BCUT2D eigenvalue weighted by Crippen LogP contribution is -2.22. The Balaban J connectivity index is 1.92. The maximum atomic E-state index is 2.44. The number of hydrogen-bond acceptors (Lipinski definition) is 0. The Bertz CT molecular complexity index is 155. The Morgan fingerprint density at radius 2 is 2.33 bits per heavy atom. The molecule has 0 saturated heterocycles. The Kier molecular flexibility index (Phi) is 0.574. The standard InChI is InChI=1S/C9H14/c1-6-5-9-4-2-3-7(9)8(6)9/h6-8H,2-5H2,1H3/t6?,7-,8?,9-/m1/s1. The van der Waals surface area contributed by atoms with E-state index in [-0.39, 0.29) is 0 Å². The summed E-state index contributed by atoms with van der Waals surface area (Å²) in [6.45, 7) is 2.44. The van der Waals surface area contributed by atoms with Crippen LogP contribution in [0, 0.1) is 23.2 Å². The highest BCUT2D eigenvalue weighted by Gasteiger charge is 2.74. The van der Waals surface area contributed by atoms with Gasteiger partial charge in [-0.15, -0.1) is 0 Å². The van der Waals surface area contributed by atoms with Crippen LogP contribution in [-0.4, -0.2) is 0 Å². The van der Waals surface area contributed by atoms with Gasteiger partial charge in [0.25, 0.3) is 0 Å². The minimum Gasteiger partial charge on any atom is -0.0622 e. The van der Waals surface area contributed by atoms with E-state index in [4.69, 9.17) is 0 Å². The topological polar surface area (TPSA) is 0 Å². The minimum atomic E-state index is 0.972. The van der Waals surface area contributed by atoms with Crippen molar-refractivity contribution in [1.29, 1.82) is 0 Å². The van der Waals surface area contributed by atoms with Gasteiger partial charge in [-0.2, -0.15) is 0 Å². The normalized spacial score (nSPS) is 68.3. The van der Waals surface area contributed by atoms with Gasteiger partial charge >= 0.3 is 0 Å². The molecule has 0 nitrogen and oxygen atoms in total. The van der Waals surface area contributed by atoms with E-state index in [1.54, 1.807) is 25.7 Å². The molecule has 1 spiro atoms. The molecular formula is C9H14. The third-order valence-corrected chi connectivity index (χ3v) is 4.20. The first kappa shape index (κ1) is 4.76. The quantitative estimate of drug-likeness (QED) is 0.463. The van der Waals surface area contributed by atoms with E-state index in [0.717, 1.165) is 11.3 Å². The molecule has 9 heavy (non-hydrogen) atoms. The Morgan fingerprint density at radius 1 is 1.44 bits per heavy atom. The van der Waals surface area contributed by atoms with E-state index in [1.807, 2.05) is 0 Å². The Labute approximate surface area is 56.6 Å². The third-order valence-electron chi connectivity index (χ3n) is 4.20. The monoisotopic (exact) mass is 122 g/mol. The first-order chi connectivity index (χ1) is 4.34. The number of fused-ring (bicyclic) bond motifs is 1. The molecule has 0 aromatic rings. The molecule has 0 radical (unpaired) electrons. The van der Waals surface area contributed by atoms with E-state index in [1.165, 1.54) is 11.8 Å². The zero-order valence-corrected chi connectivity index (χ0v) is 6.06. The van der Waals surface area contributed by atoms with Crippen molar-refractivity contribution in [3.05, 3.63) is 0 Å². The SMILES string of the molecule is CC1C[C@]23CCC[C@@H]2C13. The van der Waals surface area contributed by atoms with Crippen molar-refractivity contribution >= 4 is 0 Å². The predicted molar refractivity (Wildman–Crippen MR) is 37.0 cm³/mol. The molecule has 0 amide bonds. The van der Waals surface area contributed by atoms with Gasteiger partial charge < -0.3 is 0 Å². The van der Waals surface area contributed by atoms with E-state index >= 15 is 0 Å². The molecule has 3 rings (SSSR count). The molecule has 0 aliphatic heterocycles. The first-order valence-corrected chi connectivity index (χ1v) is 4.34. The van der Waals surface area contributed by atoms with E-state index in [9.17, 15) is 0 Å². The van der Waals surface area contributed by atoms with Crippen LogP contribution < -0.4 is 0 Å². The average molecular weight is 122 g/mol. The summed E-state index contributed by atoms with van der Waals surface area (Å²) in [7, 11) is 0. The lowest BCUT2D eigenvalue weighted by Gasteiger charge is -2.31. The maximum absolute atomic E-state index is 2.44. The lowest BCUT2D eigenvalue weighted by atomic mass is 9.74. The van der Waals surface area contributed by atoms with E-state index < -0.39 is 0 Å². The molecule has 0 heterocycles. The van der Waals surface area contributed by atoms with Crippen molar-refractivity contribution in [2.24, 2.45) is 23.2 Å². The second-order valence-corrected chi connectivity index (χ2v) is 4.44. The van der Waals surface area contributed by atoms with Crippen LogP contribution in [0.15, 0.2) is 0 Å². The smallest absolute Gasteiger partial charge is 0.0230 e. The molecule has 3 aliphatic rings. The van der Waals surface area contributed by atoms with Crippen molar-refractivity contribution in [2.45, 2.75) is 32.6 Å². The van der Waals surface area contributed by atoms with Gasteiger partial charge in [0, 0.05) is 0 Å². The second kappa shape index (κ2) is 1.09. The molecule has 0 heteroatoms. The van der Waals surface area contributed by atoms with Gasteiger partial charge in [0.1, 0.15) is 0 Å². The summed E-state index contributed by atoms with van der Waals surface area (Å²) in [5.74, 6) is 3.54. The summed E-state index contributed by atoms with van der Waals surface area (Å²) in [5, 5.41) is 0. The molecule has 3 aliphatic carbocycles. The molecule has 3 saturated carbocycles. The predicted octanol–water partition coefficient (Wildman–Crippen LogP) is 2.44. The van der Waals surface area contributed by atoms with Crippen molar-refractivity contribution in [3.63, 3.8) is 0 Å². The van der Waals surface area contributed by atoms with Gasteiger partial charge in [-0.05, 0) is 42.4 Å². The summed E-state index contributed by atoms with van der Waals surface area (Å²) in [4.78, 5) is 0. The van der Waals surface area contributed by atoms with Crippen LogP contribution in [0.4, 0.5) is 0 Å². The van der Waals surface area contributed by atoms with Gasteiger partial charge in [-0.1, -0.05) is 13.3 Å². The van der Waals surface area contributed by atoms with Crippen molar-refractivity contribution in [1.82, 2.24) is 0 Å². The van der Waals surface area contributed by atoms with Gasteiger partial charge in [-0.3, -0.25) is 0 Å². The molecule has 50 valence electrons. The Morgan fingerprint density at radius 3 is 2.89 bits per heavy atom. The van der Waals surface area contributed by atoms with Crippen molar-refractivity contribution < 1.29 is 0 Å². The molecule has 3 fully saturated rings. The average Bonchev–Trinajstić information content (AvgIpc) is 2.20. The molecule has 0 N–H and O–H groups in total. The van der Waals surface area contributed by atoms with Crippen LogP contribution in [0.25, 0.3) is 0 Å². The van der Waals surface area contributed by atoms with Crippen LogP contribution in [0.5, 0.6) is 0 Å². The summed E-state index contributed by atoms with van der Waals surface area (Å²) >= 11 is 0.